The first kappa shape index (κ1) is 23.6. The Labute approximate surface area is 188 Å². The predicted octanol–water partition coefficient (Wildman–Crippen LogP) is 1.35. The van der Waals surface area contributed by atoms with Crippen molar-refractivity contribution in [3.05, 3.63) is 59.7 Å². The molecule has 1 fully saturated rings. The maximum atomic E-state index is 12.7. The average molecular weight is 460 g/mol. The number of amides is 3. The summed E-state index contributed by atoms with van der Waals surface area (Å²) in [5.41, 5.74) is 1.94. The summed E-state index contributed by atoms with van der Waals surface area (Å²) in [6.45, 7) is 2.43. The van der Waals surface area contributed by atoms with Gasteiger partial charge in [0.1, 0.15) is 0 Å². The van der Waals surface area contributed by atoms with Crippen LogP contribution in [0, 0.1) is 0 Å². The monoisotopic (exact) mass is 459 g/mol. The van der Waals surface area contributed by atoms with Crippen molar-refractivity contribution in [1.29, 1.82) is 0 Å². The molecule has 2 aromatic rings. The van der Waals surface area contributed by atoms with Gasteiger partial charge in [-0.1, -0.05) is 30.3 Å². The molecule has 0 atom stereocenters. The Morgan fingerprint density at radius 2 is 1.88 bits per heavy atom. The second kappa shape index (κ2) is 10.5. The molecule has 0 saturated carbocycles. The number of hydrogen-bond acceptors (Lipinski definition) is 5. The van der Waals surface area contributed by atoms with E-state index < -0.39 is 15.9 Å². The van der Waals surface area contributed by atoms with E-state index in [1.54, 1.807) is 11.0 Å². The topological polar surface area (TPSA) is 111 Å². The van der Waals surface area contributed by atoms with Crippen LogP contribution >= 0.6 is 0 Å². The van der Waals surface area contributed by atoms with E-state index in [0.29, 0.717) is 31.9 Å². The molecule has 3 rings (SSSR count). The molecule has 0 aromatic heterocycles. The van der Waals surface area contributed by atoms with Gasteiger partial charge in [-0.3, -0.25) is 4.79 Å². The molecule has 9 nitrogen and oxygen atoms in total. The van der Waals surface area contributed by atoms with Gasteiger partial charge >= 0.3 is 6.03 Å². The molecule has 1 saturated heterocycles. The number of rotatable bonds is 10. The van der Waals surface area contributed by atoms with Crippen LogP contribution in [0.2, 0.25) is 0 Å². The van der Waals surface area contributed by atoms with Gasteiger partial charge in [0.25, 0.3) is 5.91 Å². The number of anilines is 1. The quantitative estimate of drug-likeness (QED) is 0.497. The van der Waals surface area contributed by atoms with Crippen LogP contribution < -0.4 is 16.0 Å². The fourth-order valence-corrected chi connectivity index (χ4v) is 4.29. The predicted molar refractivity (Wildman–Crippen MR) is 123 cm³/mol. The third-order valence-electron chi connectivity index (χ3n) is 5.15. The van der Waals surface area contributed by atoms with Crippen LogP contribution in [-0.4, -0.2) is 76.4 Å². The molecule has 0 unspecified atom stereocenters. The van der Waals surface area contributed by atoms with E-state index in [-0.39, 0.29) is 23.0 Å². The van der Waals surface area contributed by atoms with Gasteiger partial charge in [-0.25, -0.2) is 17.5 Å². The van der Waals surface area contributed by atoms with E-state index in [1.165, 1.54) is 26.2 Å². The standard InChI is InChI=1S/C22H29N5O4S/c1-26(2)32(30,31)20-15-18(21(28)24-10-12-27-13-11-25-22(27)29)14-19(16-20)23-9-8-17-6-4-3-5-7-17/h3-7,14-16,23H,8-13H2,1-2H3,(H,24,28)(H,25,29). The maximum Gasteiger partial charge on any atom is 0.317 e. The van der Waals surface area contributed by atoms with Crippen molar-refractivity contribution < 1.29 is 18.0 Å². The number of hydrogen-bond donors (Lipinski definition) is 3. The lowest BCUT2D eigenvalue weighted by molar-refractivity contribution is 0.0950. The summed E-state index contributed by atoms with van der Waals surface area (Å²) in [7, 11) is -0.821. The molecule has 3 N–H and O–H groups in total. The zero-order valence-electron chi connectivity index (χ0n) is 18.3. The highest BCUT2D eigenvalue weighted by atomic mass is 32.2. The van der Waals surface area contributed by atoms with E-state index in [4.69, 9.17) is 0 Å². The maximum absolute atomic E-state index is 12.7. The van der Waals surface area contributed by atoms with Gasteiger partial charge in [0.05, 0.1) is 4.90 Å². The highest BCUT2D eigenvalue weighted by Crippen LogP contribution is 2.21. The second-order valence-corrected chi connectivity index (χ2v) is 9.82. The van der Waals surface area contributed by atoms with Crippen LogP contribution in [0.5, 0.6) is 0 Å². The SMILES string of the molecule is CN(C)S(=O)(=O)c1cc(NCCc2ccccc2)cc(C(=O)NCCN2CCNC2=O)c1. The molecule has 0 bridgehead atoms. The third-order valence-corrected chi connectivity index (χ3v) is 6.94. The molecule has 32 heavy (non-hydrogen) atoms. The van der Waals surface area contributed by atoms with Crippen molar-refractivity contribution in [2.45, 2.75) is 11.3 Å². The van der Waals surface area contributed by atoms with Crippen molar-refractivity contribution in [2.24, 2.45) is 0 Å². The summed E-state index contributed by atoms with van der Waals surface area (Å²) in [6, 6.07) is 14.3. The molecule has 1 heterocycles. The third kappa shape index (κ3) is 5.98. The molecule has 3 amide bonds. The van der Waals surface area contributed by atoms with Gasteiger partial charge in [-0.05, 0) is 30.2 Å². The van der Waals surface area contributed by atoms with Crippen LogP contribution in [0.3, 0.4) is 0 Å². The fourth-order valence-electron chi connectivity index (χ4n) is 3.32. The van der Waals surface area contributed by atoms with Crippen molar-refractivity contribution in [3.8, 4) is 0 Å². The Bertz CT molecular complexity index is 1060. The van der Waals surface area contributed by atoms with E-state index in [1.807, 2.05) is 30.3 Å². The lowest BCUT2D eigenvalue weighted by Crippen LogP contribution is -2.36. The summed E-state index contributed by atoms with van der Waals surface area (Å²) >= 11 is 0. The van der Waals surface area contributed by atoms with Gasteiger partial charge in [-0.15, -0.1) is 0 Å². The van der Waals surface area contributed by atoms with Crippen molar-refractivity contribution in [1.82, 2.24) is 19.8 Å². The minimum absolute atomic E-state index is 0.0382. The highest BCUT2D eigenvalue weighted by molar-refractivity contribution is 7.89. The zero-order valence-corrected chi connectivity index (χ0v) is 19.1. The smallest absolute Gasteiger partial charge is 0.317 e. The van der Waals surface area contributed by atoms with Crippen molar-refractivity contribution >= 4 is 27.6 Å². The number of urea groups is 1. The minimum Gasteiger partial charge on any atom is -0.385 e. The zero-order chi connectivity index (χ0) is 23.1. The van der Waals surface area contributed by atoms with Crippen molar-refractivity contribution in [3.63, 3.8) is 0 Å². The Morgan fingerprint density at radius 1 is 1.12 bits per heavy atom. The van der Waals surface area contributed by atoms with Crippen LogP contribution in [0.25, 0.3) is 0 Å². The van der Waals surface area contributed by atoms with E-state index in [2.05, 4.69) is 16.0 Å². The Hall–Kier alpha value is -3.11. The van der Waals surface area contributed by atoms with Gasteiger partial charge in [-0.2, -0.15) is 0 Å². The van der Waals surface area contributed by atoms with E-state index in [9.17, 15) is 18.0 Å². The van der Waals surface area contributed by atoms with E-state index >= 15 is 0 Å². The Balaban J connectivity index is 1.72. The number of carbonyl (C=O) groups excluding carboxylic acids is 2. The first-order valence-electron chi connectivity index (χ1n) is 10.4. The van der Waals surface area contributed by atoms with Crippen molar-refractivity contribution in [2.75, 3.05) is 52.1 Å². The van der Waals surface area contributed by atoms with Crippen LogP contribution in [-0.2, 0) is 16.4 Å². The molecular weight excluding hydrogens is 430 g/mol. The lowest BCUT2D eigenvalue weighted by atomic mass is 10.1. The largest absolute Gasteiger partial charge is 0.385 e. The molecule has 0 spiro atoms. The summed E-state index contributed by atoms with van der Waals surface area (Å²) in [5.74, 6) is -0.397. The van der Waals surface area contributed by atoms with Gasteiger partial charge in [0.2, 0.25) is 10.0 Å². The van der Waals surface area contributed by atoms with E-state index in [0.717, 1.165) is 16.3 Å². The van der Waals surface area contributed by atoms with Gasteiger partial charge < -0.3 is 20.9 Å². The summed E-state index contributed by atoms with van der Waals surface area (Å²) in [6.07, 6.45) is 0.755. The Kier molecular flexibility index (Phi) is 7.70. The molecule has 1 aliphatic rings. The average Bonchev–Trinajstić information content (AvgIpc) is 3.18. The van der Waals surface area contributed by atoms with Crippen LogP contribution in [0.4, 0.5) is 10.5 Å². The second-order valence-electron chi connectivity index (χ2n) is 7.67. The molecule has 0 aliphatic carbocycles. The van der Waals surface area contributed by atoms with Crippen LogP contribution in [0.15, 0.2) is 53.4 Å². The first-order chi connectivity index (χ1) is 15.3. The normalized spacial score (nSPS) is 13.8. The number of carbonyl (C=O) groups is 2. The summed E-state index contributed by atoms with van der Waals surface area (Å²) < 4.78 is 26.5. The number of sulfonamides is 1. The molecule has 2 aromatic carbocycles. The molecule has 1 aliphatic heterocycles. The number of nitrogens with one attached hydrogen (secondary N) is 3. The Morgan fingerprint density at radius 3 is 2.53 bits per heavy atom. The number of nitrogens with zero attached hydrogens (tertiary/aromatic N) is 2. The van der Waals surface area contributed by atoms with Gasteiger partial charge in [0.15, 0.2) is 0 Å². The fraction of sp³-hybridized carbons (Fsp3) is 0.364. The lowest BCUT2D eigenvalue weighted by Gasteiger charge is -2.16. The highest BCUT2D eigenvalue weighted by Gasteiger charge is 2.22. The summed E-state index contributed by atoms with van der Waals surface area (Å²) in [4.78, 5) is 26.0. The molecule has 0 radical (unpaired) electrons. The summed E-state index contributed by atoms with van der Waals surface area (Å²) in [5, 5.41) is 8.70. The number of benzene rings is 2. The molecule has 172 valence electrons. The first-order valence-corrected chi connectivity index (χ1v) is 11.9. The van der Waals surface area contributed by atoms with Crippen LogP contribution in [0.1, 0.15) is 15.9 Å². The molecule has 10 heteroatoms. The van der Waals surface area contributed by atoms with Gasteiger partial charge in [0, 0.05) is 58.1 Å². The molecular formula is C22H29N5O4S. The minimum atomic E-state index is -3.72.